The van der Waals surface area contributed by atoms with Crippen molar-refractivity contribution in [1.82, 2.24) is 0 Å². The monoisotopic (exact) mass is 312 g/mol. The highest BCUT2D eigenvalue weighted by Crippen LogP contribution is 2.31. The SMILES string of the molecule is COc1cccc(/C=C/C(=O)Oc2c(C)cccc2C)c1OC. The number of carbonyl (C=O) groups excluding carboxylic acids is 1. The molecule has 2 aromatic carbocycles. The molecule has 4 heteroatoms. The van der Waals surface area contributed by atoms with Crippen LogP contribution < -0.4 is 14.2 Å². The maximum atomic E-state index is 12.1. The van der Waals surface area contributed by atoms with Gasteiger partial charge in [0.15, 0.2) is 11.5 Å². The van der Waals surface area contributed by atoms with E-state index in [9.17, 15) is 4.79 Å². The molecule has 0 unspecified atom stereocenters. The molecule has 0 bridgehead atoms. The number of benzene rings is 2. The quantitative estimate of drug-likeness (QED) is 0.476. The Labute approximate surface area is 136 Å². The first-order valence-electron chi connectivity index (χ1n) is 7.24. The fourth-order valence-electron chi connectivity index (χ4n) is 2.30. The fourth-order valence-corrected chi connectivity index (χ4v) is 2.30. The van der Waals surface area contributed by atoms with Gasteiger partial charge in [-0.05, 0) is 37.1 Å². The van der Waals surface area contributed by atoms with Gasteiger partial charge >= 0.3 is 5.97 Å². The van der Waals surface area contributed by atoms with Gasteiger partial charge in [-0.15, -0.1) is 0 Å². The highest BCUT2D eigenvalue weighted by atomic mass is 16.5. The van der Waals surface area contributed by atoms with Gasteiger partial charge in [0.05, 0.1) is 14.2 Å². The molecule has 0 aliphatic carbocycles. The molecule has 0 amide bonds. The number of hydrogen-bond donors (Lipinski definition) is 0. The van der Waals surface area contributed by atoms with E-state index in [-0.39, 0.29) is 0 Å². The number of para-hydroxylation sites is 2. The Bertz CT molecular complexity index is 712. The minimum absolute atomic E-state index is 0.438. The summed E-state index contributed by atoms with van der Waals surface area (Å²) in [5.74, 6) is 1.34. The standard InChI is InChI=1S/C19H20O4/c1-13-7-5-8-14(2)18(13)23-17(20)12-11-15-9-6-10-16(21-3)19(15)22-4/h5-12H,1-4H3/b12-11+. The van der Waals surface area contributed by atoms with E-state index in [1.54, 1.807) is 26.4 Å². The van der Waals surface area contributed by atoms with Gasteiger partial charge in [0.1, 0.15) is 5.75 Å². The van der Waals surface area contributed by atoms with Gasteiger partial charge < -0.3 is 14.2 Å². The van der Waals surface area contributed by atoms with Crippen molar-refractivity contribution in [3.05, 3.63) is 59.2 Å². The summed E-state index contributed by atoms with van der Waals surface area (Å²) in [5.41, 5.74) is 2.58. The summed E-state index contributed by atoms with van der Waals surface area (Å²) in [7, 11) is 3.13. The molecule has 4 nitrogen and oxygen atoms in total. The van der Waals surface area contributed by atoms with Crippen LogP contribution in [0, 0.1) is 13.8 Å². The lowest BCUT2D eigenvalue weighted by Crippen LogP contribution is -2.06. The zero-order valence-electron chi connectivity index (χ0n) is 13.8. The third-order valence-electron chi connectivity index (χ3n) is 3.44. The highest BCUT2D eigenvalue weighted by molar-refractivity contribution is 5.89. The largest absolute Gasteiger partial charge is 0.493 e. The van der Waals surface area contributed by atoms with Crippen molar-refractivity contribution < 1.29 is 19.0 Å². The minimum Gasteiger partial charge on any atom is -0.493 e. The molecular weight excluding hydrogens is 292 g/mol. The maximum absolute atomic E-state index is 12.1. The predicted molar refractivity (Wildman–Crippen MR) is 90.1 cm³/mol. The van der Waals surface area contributed by atoms with Gasteiger partial charge in [-0.1, -0.05) is 30.3 Å². The van der Waals surface area contributed by atoms with Crippen molar-refractivity contribution >= 4 is 12.0 Å². The van der Waals surface area contributed by atoms with Gasteiger partial charge in [-0.3, -0.25) is 0 Å². The number of ether oxygens (including phenoxy) is 3. The lowest BCUT2D eigenvalue weighted by Gasteiger charge is -2.10. The van der Waals surface area contributed by atoms with Crippen LogP contribution in [0.1, 0.15) is 16.7 Å². The number of carbonyl (C=O) groups is 1. The summed E-state index contributed by atoms with van der Waals surface area (Å²) < 4.78 is 16.0. The van der Waals surface area contributed by atoms with Gasteiger partial charge in [0, 0.05) is 11.6 Å². The molecule has 0 saturated carbocycles. The molecule has 0 aromatic heterocycles. The van der Waals surface area contributed by atoms with E-state index in [4.69, 9.17) is 14.2 Å². The van der Waals surface area contributed by atoms with Gasteiger partial charge in [0.25, 0.3) is 0 Å². The third-order valence-corrected chi connectivity index (χ3v) is 3.44. The Balaban J connectivity index is 2.19. The van der Waals surface area contributed by atoms with Crippen molar-refractivity contribution in [3.63, 3.8) is 0 Å². The second kappa shape index (κ2) is 7.49. The zero-order chi connectivity index (χ0) is 16.8. The smallest absolute Gasteiger partial charge is 0.336 e. The molecule has 0 heterocycles. The Morgan fingerprint density at radius 2 is 1.57 bits per heavy atom. The zero-order valence-corrected chi connectivity index (χ0v) is 13.8. The lowest BCUT2D eigenvalue weighted by atomic mass is 10.1. The van der Waals surface area contributed by atoms with Gasteiger partial charge in [0.2, 0.25) is 0 Å². The van der Waals surface area contributed by atoms with Crippen LogP contribution in [0.25, 0.3) is 6.08 Å². The lowest BCUT2D eigenvalue weighted by molar-refractivity contribution is -0.129. The van der Waals surface area contributed by atoms with Crippen LogP contribution in [0.5, 0.6) is 17.2 Å². The summed E-state index contributed by atoms with van der Waals surface area (Å²) in [6.07, 6.45) is 3.03. The van der Waals surface area contributed by atoms with Crippen molar-refractivity contribution in [2.24, 2.45) is 0 Å². The van der Waals surface area contributed by atoms with E-state index in [2.05, 4.69) is 0 Å². The van der Waals surface area contributed by atoms with E-state index in [0.29, 0.717) is 17.2 Å². The molecule has 0 aliphatic heterocycles. The topological polar surface area (TPSA) is 44.8 Å². The maximum Gasteiger partial charge on any atom is 0.336 e. The highest BCUT2D eigenvalue weighted by Gasteiger charge is 2.09. The van der Waals surface area contributed by atoms with E-state index < -0.39 is 5.97 Å². The molecule has 2 aromatic rings. The molecule has 0 fully saturated rings. The number of aryl methyl sites for hydroxylation is 2. The first-order valence-corrected chi connectivity index (χ1v) is 7.24. The van der Waals surface area contributed by atoms with Crippen LogP contribution in [0.3, 0.4) is 0 Å². The number of methoxy groups -OCH3 is 2. The first-order chi connectivity index (χ1) is 11.1. The molecule has 0 spiro atoms. The number of rotatable bonds is 5. The van der Waals surface area contributed by atoms with Crippen LogP contribution in [-0.2, 0) is 4.79 Å². The Morgan fingerprint density at radius 1 is 0.913 bits per heavy atom. The summed E-state index contributed by atoms with van der Waals surface area (Å²) >= 11 is 0. The molecule has 120 valence electrons. The molecule has 0 aliphatic rings. The molecule has 0 atom stereocenters. The van der Waals surface area contributed by atoms with Crippen LogP contribution in [0.4, 0.5) is 0 Å². The van der Waals surface area contributed by atoms with Crippen LogP contribution in [0.2, 0.25) is 0 Å². The van der Waals surface area contributed by atoms with Crippen molar-refractivity contribution in [3.8, 4) is 17.2 Å². The van der Waals surface area contributed by atoms with E-state index in [0.717, 1.165) is 16.7 Å². The van der Waals surface area contributed by atoms with E-state index >= 15 is 0 Å². The second-order valence-corrected chi connectivity index (χ2v) is 5.06. The van der Waals surface area contributed by atoms with Crippen LogP contribution in [-0.4, -0.2) is 20.2 Å². The summed E-state index contributed by atoms with van der Waals surface area (Å²) in [6.45, 7) is 3.81. The fraction of sp³-hybridized carbons (Fsp3) is 0.211. The second-order valence-electron chi connectivity index (χ2n) is 5.06. The van der Waals surface area contributed by atoms with Crippen LogP contribution in [0.15, 0.2) is 42.5 Å². The molecule has 23 heavy (non-hydrogen) atoms. The minimum atomic E-state index is -0.438. The molecular formula is C19H20O4. The predicted octanol–water partition coefficient (Wildman–Crippen LogP) is 3.94. The van der Waals surface area contributed by atoms with Gasteiger partial charge in [-0.2, -0.15) is 0 Å². The van der Waals surface area contributed by atoms with E-state index in [1.807, 2.05) is 44.2 Å². The Morgan fingerprint density at radius 3 is 2.17 bits per heavy atom. The summed E-state index contributed by atoms with van der Waals surface area (Å²) in [4.78, 5) is 12.1. The van der Waals surface area contributed by atoms with Crippen molar-refractivity contribution in [2.75, 3.05) is 14.2 Å². The van der Waals surface area contributed by atoms with Crippen LogP contribution >= 0.6 is 0 Å². The van der Waals surface area contributed by atoms with E-state index in [1.165, 1.54) is 6.08 Å². The summed E-state index contributed by atoms with van der Waals surface area (Å²) in [6, 6.07) is 11.2. The molecule has 0 saturated heterocycles. The van der Waals surface area contributed by atoms with Crippen molar-refractivity contribution in [2.45, 2.75) is 13.8 Å². The summed E-state index contributed by atoms with van der Waals surface area (Å²) in [5, 5.41) is 0. The number of hydrogen-bond acceptors (Lipinski definition) is 4. The molecule has 2 rings (SSSR count). The normalized spacial score (nSPS) is 10.6. The average molecular weight is 312 g/mol. The molecule has 0 radical (unpaired) electrons. The molecule has 0 N–H and O–H groups in total. The number of esters is 1. The Hall–Kier alpha value is -2.75. The Kier molecular flexibility index (Phi) is 5.41. The average Bonchev–Trinajstić information content (AvgIpc) is 2.55. The third kappa shape index (κ3) is 3.92. The van der Waals surface area contributed by atoms with Gasteiger partial charge in [-0.25, -0.2) is 4.79 Å². The van der Waals surface area contributed by atoms with Crippen molar-refractivity contribution in [1.29, 1.82) is 0 Å². The first kappa shape index (κ1) is 16.6.